The number of anilines is 1. The Bertz CT molecular complexity index is 1010. The minimum absolute atomic E-state index is 0.120. The smallest absolute Gasteiger partial charge is 0.253 e. The molecule has 0 aliphatic carbocycles. The van der Waals surface area contributed by atoms with Gasteiger partial charge in [-0.2, -0.15) is 0 Å². The van der Waals surface area contributed by atoms with Gasteiger partial charge in [-0.3, -0.25) is 9.78 Å². The number of fused-ring (bicyclic) bond motifs is 1. The van der Waals surface area contributed by atoms with Gasteiger partial charge in [0, 0.05) is 36.8 Å². The number of hydrogen-bond donors (Lipinski definition) is 1. The normalized spacial score (nSPS) is 14.3. The molecule has 1 amide bonds. The molecule has 0 atom stereocenters. The number of amides is 1. The summed E-state index contributed by atoms with van der Waals surface area (Å²) in [7, 11) is 0. The van der Waals surface area contributed by atoms with E-state index in [0.717, 1.165) is 46.6 Å². The highest BCUT2D eigenvalue weighted by molar-refractivity contribution is 5.98. The van der Waals surface area contributed by atoms with Crippen LogP contribution in [0.5, 0.6) is 0 Å². The zero-order valence-electron chi connectivity index (χ0n) is 16.2. The van der Waals surface area contributed by atoms with E-state index < -0.39 is 0 Å². The Labute approximate surface area is 164 Å². The summed E-state index contributed by atoms with van der Waals surface area (Å²) in [5.41, 5.74) is 4.39. The summed E-state index contributed by atoms with van der Waals surface area (Å²) in [6, 6.07) is 11.9. The lowest BCUT2D eigenvalue weighted by Gasteiger charge is -2.29. The van der Waals surface area contributed by atoms with Gasteiger partial charge in [-0.05, 0) is 38.1 Å². The third-order valence-corrected chi connectivity index (χ3v) is 5.02. The maximum Gasteiger partial charge on any atom is 0.253 e. The number of rotatable bonds is 4. The van der Waals surface area contributed by atoms with E-state index in [9.17, 15) is 4.79 Å². The minimum atomic E-state index is -0.120. The molecule has 1 N–H and O–H groups in total. The Kier molecular flexibility index (Phi) is 5.21. The zero-order valence-corrected chi connectivity index (χ0v) is 16.2. The maximum absolute atomic E-state index is 12.8. The Morgan fingerprint density at radius 1 is 1.18 bits per heavy atom. The van der Waals surface area contributed by atoms with Crippen molar-refractivity contribution >= 4 is 22.6 Å². The molecule has 0 spiro atoms. The summed E-state index contributed by atoms with van der Waals surface area (Å²) in [6.45, 7) is 7.35. The third-order valence-electron chi connectivity index (χ3n) is 5.02. The first-order valence-electron chi connectivity index (χ1n) is 9.54. The van der Waals surface area contributed by atoms with E-state index in [-0.39, 0.29) is 5.91 Å². The van der Waals surface area contributed by atoms with Crippen LogP contribution in [0.4, 0.5) is 5.82 Å². The first-order chi connectivity index (χ1) is 13.6. The van der Waals surface area contributed by atoms with E-state index in [1.807, 2.05) is 44.2 Å². The number of pyridine rings is 2. The van der Waals surface area contributed by atoms with Gasteiger partial charge in [0.05, 0.1) is 30.0 Å². The fourth-order valence-corrected chi connectivity index (χ4v) is 3.52. The standard InChI is InChI=1S/C22H24N4O2/c1-15-5-6-20-18(12-15)13-19(16(2)25-20)22(27)24-14-17-4-3-7-23-21(17)26-8-10-28-11-9-26/h3-7,12-13H,8-11,14H2,1-2H3,(H,24,27). The highest BCUT2D eigenvalue weighted by Gasteiger charge is 2.17. The van der Waals surface area contributed by atoms with Crippen LogP contribution in [0.15, 0.2) is 42.6 Å². The summed E-state index contributed by atoms with van der Waals surface area (Å²) in [5, 5.41) is 4.02. The van der Waals surface area contributed by atoms with Gasteiger partial charge in [-0.25, -0.2) is 4.98 Å². The number of carbonyl (C=O) groups excluding carboxylic acids is 1. The van der Waals surface area contributed by atoms with Gasteiger partial charge in [0.2, 0.25) is 0 Å². The van der Waals surface area contributed by atoms with Crippen molar-refractivity contribution in [3.63, 3.8) is 0 Å². The number of ether oxygens (including phenoxy) is 1. The Morgan fingerprint density at radius 3 is 2.82 bits per heavy atom. The summed E-state index contributed by atoms with van der Waals surface area (Å²) >= 11 is 0. The van der Waals surface area contributed by atoms with Crippen molar-refractivity contribution in [1.29, 1.82) is 0 Å². The summed E-state index contributed by atoms with van der Waals surface area (Å²) in [5.74, 6) is 0.792. The molecule has 0 saturated carbocycles. The molecule has 1 saturated heterocycles. The first kappa shape index (κ1) is 18.4. The number of hydrogen-bond acceptors (Lipinski definition) is 5. The van der Waals surface area contributed by atoms with Crippen LogP contribution in [-0.4, -0.2) is 42.2 Å². The maximum atomic E-state index is 12.8. The van der Waals surface area contributed by atoms with E-state index >= 15 is 0 Å². The molecule has 1 fully saturated rings. The van der Waals surface area contributed by atoms with Crippen molar-refractivity contribution in [2.24, 2.45) is 0 Å². The molecule has 2 aromatic heterocycles. The summed E-state index contributed by atoms with van der Waals surface area (Å²) in [6.07, 6.45) is 1.79. The van der Waals surface area contributed by atoms with Crippen LogP contribution in [-0.2, 0) is 11.3 Å². The van der Waals surface area contributed by atoms with E-state index in [1.54, 1.807) is 6.20 Å². The Balaban J connectivity index is 1.54. The van der Waals surface area contributed by atoms with Crippen LogP contribution in [0, 0.1) is 13.8 Å². The van der Waals surface area contributed by atoms with Crippen molar-refractivity contribution < 1.29 is 9.53 Å². The van der Waals surface area contributed by atoms with Gasteiger partial charge < -0.3 is 15.0 Å². The second-order valence-electron chi connectivity index (χ2n) is 7.09. The zero-order chi connectivity index (χ0) is 19.5. The van der Waals surface area contributed by atoms with Crippen LogP contribution in [0.1, 0.15) is 27.2 Å². The Hall–Kier alpha value is -2.99. The molecule has 3 aromatic rings. The second kappa shape index (κ2) is 7.94. The first-order valence-corrected chi connectivity index (χ1v) is 9.54. The number of morpholine rings is 1. The number of nitrogens with zero attached hydrogens (tertiary/aromatic N) is 3. The third kappa shape index (κ3) is 3.82. The average molecular weight is 376 g/mol. The predicted molar refractivity (Wildman–Crippen MR) is 110 cm³/mol. The lowest BCUT2D eigenvalue weighted by atomic mass is 10.1. The number of benzene rings is 1. The van der Waals surface area contributed by atoms with E-state index in [1.165, 1.54) is 0 Å². The van der Waals surface area contributed by atoms with Gasteiger partial charge in [0.1, 0.15) is 5.82 Å². The van der Waals surface area contributed by atoms with Gasteiger partial charge in [0.15, 0.2) is 0 Å². The number of nitrogens with one attached hydrogen (secondary N) is 1. The molecule has 4 rings (SSSR count). The number of aryl methyl sites for hydroxylation is 2. The highest BCUT2D eigenvalue weighted by Crippen LogP contribution is 2.20. The largest absolute Gasteiger partial charge is 0.378 e. The molecular formula is C22H24N4O2. The van der Waals surface area contributed by atoms with E-state index in [2.05, 4.69) is 26.3 Å². The van der Waals surface area contributed by atoms with Crippen molar-refractivity contribution in [3.05, 3.63) is 65.0 Å². The van der Waals surface area contributed by atoms with Gasteiger partial charge >= 0.3 is 0 Å². The van der Waals surface area contributed by atoms with Crippen molar-refractivity contribution in [2.45, 2.75) is 20.4 Å². The molecule has 1 aliphatic rings. The van der Waals surface area contributed by atoms with Crippen LogP contribution in [0.25, 0.3) is 10.9 Å². The molecular weight excluding hydrogens is 352 g/mol. The molecule has 144 valence electrons. The quantitative estimate of drug-likeness (QED) is 0.758. The lowest BCUT2D eigenvalue weighted by Crippen LogP contribution is -2.37. The van der Waals surface area contributed by atoms with E-state index in [0.29, 0.717) is 25.3 Å². The van der Waals surface area contributed by atoms with Crippen LogP contribution in [0.3, 0.4) is 0 Å². The van der Waals surface area contributed by atoms with Crippen LogP contribution < -0.4 is 10.2 Å². The summed E-state index contributed by atoms with van der Waals surface area (Å²) < 4.78 is 5.43. The van der Waals surface area contributed by atoms with Gasteiger partial charge in [-0.15, -0.1) is 0 Å². The topological polar surface area (TPSA) is 67.4 Å². The molecule has 28 heavy (non-hydrogen) atoms. The fraction of sp³-hybridized carbons (Fsp3) is 0.318. The minimum Gasteiger partial charge on any atom is -0.378 e. The van der Waals surface area contributed by atoms with Gasteiger partial charge in [-0.1, -0.05) is 17.7 Å². The molecule has 1 aliphatic heterocycles. The fourth-order valence-electron chi connectivity index (χ4n) is 3.52. The van der Waals surface area contributed by atoms with Crippen molar-refractivity contribution in [2.75, 3.05) is 31.2 Å². The average Bonchev–Trinajstić information content (AvgIpc) is 2.72. The van der Waals surface area contributed by atoms with Crippen molar-refractivity contribution in [3.8, 4) is 0 Å². The molecule has 0 bridgehead atoms. The SMILES string of the molecule is Cc1ccc2nc(C)c(C(=O)NCc3cccnc3N3CCOCC3)cc2c1. The molecule has 0 radical (unpaired) electrons. The molecule has 6 heteroatoms. The molecule has 3 heterocycles. The molecule has 6 nitrogen and oxygen atoms in total. The molecule has 0 unspecified atom stereocenters. The van der Waals surface area contributed by atoms with Gasteiger partial charge in [0.25, 0.3) is 5.91 Å². The number of aromatic nitrogens is 2. The van der Waals surface area contributed by atoms with E-state index in [4.69, 9.17) is 4.74 Å². The van der Waals surface area contributed by atoms with Crippen LogP contribution in [0.2, 0.25) is 0 Å². The lowest BCUT2D eigenvalue weighted by molar-refractivity contribution is 0.0950. The summed E-state index contributed by atoms with van der Waals surface area (Å²) in [4.78, 5) is 24.2. The Morgan fingerprint density at radius 2 is 2.00 bits per heavy atom. The molecule has 1 aromatic carbocycles. The predicted octanol–water partition coefficient (Wildman–Crippen LogP) is 3.01. The number of carbonyl (C=O) groups is 1. The highest BCUT2D eigenvalue weighted by atomic mass is 16.5. The second-order valence-corrected chi connectivity index (χ2v) is 7.09. The van der Waals surface area contributed by atoms with Crippen molar-refractivity contribution in [1.82, 2.24) is 15.3 Å². The van der Waals surface area contributed by atoms with Crippen LogP contribution >= 0.6 is 0 Å². The monoisotopic (exact) mass is 376 g/mol.